The molecule has 0 N–H and O–H groups in total. The minimum absolute atomic E-state index is 0.130. The van der Waals surface area contributed by atoms with Crippen LogP contribution in [0.3, 0.4) is 0 Å². The first-order chi connectivity index (χ1) is 10.3. The van der Waals surface area contributed by atoms with Crippen LogP contribution in [0.4, 0.5) is 13.2 Å². The van der Waals surface area contributed by atoms with Crippen LogP contribution in [-0.4, -0.2) is 33.3 Å². The van der Waals surface area contributed by atoms with E-state index in [1.165, 1.54) is 22.0 Å². The molecule has 1 heterocycles. The fraction of sp³-hybridized carbons (Fsp3) is 0.333. The molecule has 0 aliphatic rings. The van der Waals surface area contributed by atoms with Crippen molar-refractivity contribution in [2.75, 3.05) is 6.54 Å². The lowest BCUT2D eigenvalue weighted by molar-refractivity contribution is -0.136. The van der Waals surface area contributed by atoms with E-state index in [0.717, 1.165) is 5.56 Å². The van der Waals surface area contributed by atoms with E-state index < -0.39 is 18.5 Å². The van der Waals surface area contributed by atoms with Gasteiger partial charge in [0.15, 0.2) is 0 Å². The Hall–Kier alpha value is -2.31. The molecule has 1 aromatic heterocycles. The van der Waals surface area contributed by atoms with E-state index in [-0.39, 0.29) is 18.7 Å². The topological polar surface area (TPSA) is 38.1 Å². The number of aromatic nitrogens is 2. The van der Waals surface area contributed by atoms with Crippen molar-refractivity contribution in [3.63, 3.8) is 0 Å². The number of carbonyl (C=O) groups is 1. The predicted molar refractivity (Wildman–Crippen MR) is 75.1 cm³/mol. The zero-order chi connectivity index (χ0) is 16.2. The van der Waals surface area contributed by atoms with Gasteiger partial charge in [0, 0.05) is 26.3 Å². The van der Waals surface area contributed by atoms with E-state index in [0.29, 0.717) is 0 Å². The smallest absolute Gasteiger partial charge is 0.334 e. The summed E-state index contributed by atoms with van der Waals surface area (Å²) < 4.78 is 38.9. The molecular weight excluding hydrogens is 295 g/mol. The molecule has 1 amide bonds. The molecule has 0 unspecified atom stereocenters. The van der Waals surface area contributed by atoms with Crippen molar-refractivity contribution in [1.29, 1.82) is 0 Å². The van der Waals surface area contributed by atoms with Crippen LogP contribution in [0.25, 0.3) is 0 Å². The van der Waals surface area contributed by atoms with Gasteiger partial charge in [-0.1, -0.05) is 30.3 Å². The third kappa shape index (κ3) is 4.61. The van der Waals surface area contributed by atoms with E-state index >= 15 is 0 Å². The second-order valence-corrected chi connectivity index (χ2v) is 4.98. The molecule has 0 radical (unpaired) electrons. The molecule has 2 rings (SSSR count). The van der Waals surface area contributed by atoms with Gasteiger partial charge in [0.05, 0.1) is 18.2 Å². The molecule has 22 heavy (non-hydrogen) atoms. The number of alkyl halides is 3. The standard InChI is InChI=1S/C15H16F3N3O/c1-20-11-13(9-19-20)14(22)21(8-7-15(16,17)18)10-12-5-3-2-4-6-12/h2-6,9,11H,7-8,10H2,1H3. The van der Waals surface area contributed by atoms with Gasteiger partial charge in [-0.05, 0) is 5.56 Å². The number of hydrogen-bond acceptors (Lipinski definition) is 2. The van der Waals surface area contributed by atoms with Crippen LogP contribution in [0.15, 0.2) is 42.7 Å². The highest BCUT2D eigenvalue weighted by molar-refractivity contribution is 5.93. The summed E-state index contributed by atoms with van der Waals surface area (Å²) in [5, 5.41) is 3.88. The number of benzene rings is 1. The lowest BCUT2D eigenvalue weighted by Crippen LogP contribution is -2.33. The van der Waals surface area contributed by atoms with Crippen molar-refractivity contribution in [1.82, 2.24) is 14.7 Å². The van der Waals surface area contributed by atoms with Crippen molar-refractivity contribution in [2.24, 2.45) is 7.05 Å². The summed E-state index contributed by atoms with van der Waals surface area (Å²) in [6.45, 7) is -0.253. The highest BCUT2D eigenvalue weighted by atomic mass is 19.4. The molecule has 0 aliphatic carbocycles. The molecule has 0 saturated carbocycles. The number of hydrogen-bond donors (Lipinski definition) is 0. The summed E-state index contributed by atoms with van der Waals surface area (Å²) >= 11 is 0. The molecule has 0 spiro atoms. The third-order valence-corrected chi connectivity index (χ3v) is 3.12. The SMILES string of the molecule is Cn1cc(C(=O)N(CCC(F)(F)F)Cc2ccccc2)cn1. The molecule has 0 aliphatic heterocycles. The largest absolute Gasteiger partial charge is 0.390 e. The maximum atomic E-state index is 12.5. The Bertz CT molecular complexity index is 622. The Morgan fingerprint density at radius 3 is 2.50 bits per heavy atom. The first-order valence-corrected chi connectivity index (χ1v) is 6.74. The molecule has 1 aromatic carbocycles. The summed E-state index contributed by atoms with van der Waals surface area (Å²) in [4.78, 5) is 13.6. The van der Waals surface area contributed by atoms with E-state index in [4.69, 9.17) is 0 Å². The molecule has 0 atom stereocenters. The number of rotatable bonds is 5. The Kier molecular flexibility index (Phi) is 4.85. The highest BCUT2D eigenvalue weighted by Crippen LogP contribution is 2.21. The van der Waals surface area contributed by atoms with Gasteiger partial charge in [0.1, 0.15) is 0 Å². The number of carbonyl (C=O) groups excluding carboxylic acids is 1. The molecular formula is C15H16F3N3O. The van der Waals surface area contributed by atoms with E-state index in [9.17, 15) is 18.0 Å². The van der Waals surface area contributed by atoms with Gasteiger partial charge in [-0.2, -0.15) is 18.3 Å². The van der Waals surface area contributed by atoms with Gasteiger partial charge in [0.2, 0.25) is 0 Å². The maximum absolute atomic E-state index is 12.5. The second kappa shape index (κ2) is 6.64. The second-order valence-electron chi connectivity index (χ2n) is 4.98. The predicted octanol–water partition coefficient (Wildman–Crippen LogP) is 3.01. The Balaban J connectivity index is 2.15. The molecule has 0 saturated heterocycles. The fourth-order valence-electron chi connectivity index (χ4n) is 2.03. The fourth-order valence-corrected chi connectivity index (χ4v) is 2.03. The molecule has 2 aromatic rings. The van der Waals surface area contributed by atoms with Crippen LogP contribution in [0.5, 0.6) is 0 Å². The Labute approximate surface area is 126 Å². The molecule has 0 bridgehead atoms. The van der Waals surface area contributed by atoms with Gasteiger partial charge in [-0.15, -0.1) is 0 Å². The monoisotopic (exact) mass is 311 g/mol. The highest BCUT2D eigenvalue weighted by Gasteiger charge is 2.29. The van der Waals surface area contributed by atoms with Crippen molar-refractivity contribution in [2.45, 2.75) is 19.1 Å². The van der Waals surface area contributed by atoms with Gasteiger partial charge in [0.25, 0.3) is 5.91 Å². The summed E-state index contributed by atoms with van der Waals surface area (Å²) in [5.41, 5.74) is 1.06. The summed E-state index contributed by atoms with van der Waals surface area (Å²) in [7, 11) is 1.65. The van der Waals surface area contributed by atoms with Crippen molar-refractivity contribution < 1.29 is 18.0 Å². The number of aryl methyl sites for hydroxylation is 1. The van der Waals surface area contributed by atoms with Crippen LogP contribution >= 0.6 is 0 Å². The van der Waals surface area contributed by atoms with Crippen molar-refractivity contribution in [3.05, 3.63) is 53.9 Å². The zero-order valence-electron chi connectivity index (χ0n) is 12.0. The zero-order valence-corrected chi connectivity index (χ0v) is 12.0. The molecule has 7 heteroatoms. The van der Waals surface area contributed by atoms with Crippen LogP contribution in [0, 0.1) is 0 Å². The van der Waals surface area contributed by atoms with Crippen LogP contribution in [0.1, 0.15) is 22.3 Å². The first kappa shape index (κ1) is 16.1. The lowest BCUT2D eigenvalue weighted by Gasteiger charge is -2.23. The van der Waals surface area contributed by atoms with E-state index in [2.05, 4.69) is 5.10 Å². The van der Waals surface area contributed by atoms with E-state index in [1.54, 1.807) is 31.3 Å². The van der Waals surface area contributed by atoms with Crippen LogP contribution < -0.4 is 0 Å². The molecule has 0 fully saturated rings. The summed E-state index contributed by atoms with van der Waals surface area (Å²) in [5.74, 6) is -0.457. The van der Waals surface area contributed by atoms with E-state index in [1.807, 2.05) is 6.07 Å². The minimum atomic E-state index is -4.30. The first-order valence-electron chi connectivity index (χ1n) is 6.74. The Morgan fingerprint density at radius 2 is 1.95 bits per heavy atom. The van der Waals surface area contributed by atoms with Gasteiger partial charge in [-0.25, -0.2) is 0 Å². The van der Waals surface area contributed by atoms with Crippen molar-refractivity contribution >= 4 is 5.91 Å². The lowest BCUT2D eigenvalue weighted by atomic mass is 10.2. The number of nitrogens with zero attached hydrogens (tertiary/aromatic N) is 3. The number of amides is 1. The minimum Gasteiger partial charge on any atom is -0.334 e. The Morgan fingerprint density at radius 1 is 1.27 bits per heavy atom. The van der Waals surface area contributed by atoms with Gasteiger partial charge in [-0.3, -0.25) is 9.48 Å². The van der Waals surface area contributed by atoms with Crippen LogP contribution in [0.2, 0.25) is 0 Å². The van der Waals surface area contributed by atoms with Gasteiger partial charge >= 0.3 is 6.18 Å². The normalized spacial score (nSPS) is 11.5. The quantitative estimate of drug-likeness (QED) is 0.851. The summed E-state index contributed by atoms with van der Waals surface area (Å²) in [6, 6.07) is 8.93. The average Bonchev–Trinajstić information content (AvgIpc) is 2.89. The summed E-state index contributed by atoms with van der Waals surface area (Å²) in [6.07, 6.45) is -2.49. The average molecular weight is 311 g/mol. The third-order valence-electron chi connectivity index (χ3n) is 3.12. The van der Waals surface area contributed by atoms with Gasteiger partial charge < -0.3 is 4.90 Å². The van der Waals surface area contributed by atoms with Crippen molar-refractivity contribution in [3.8, 4) is 0 Å². The molecule has 4 nitrogen and oxygen atoms in total. The molecule has 118 valence electrons. The van der Waals surface area contributed by atoms with Crippen LogP contribution in [-0.2, 0) is 13.6 Å². The maximum Gasteiger partial charge on any atom is 0.390 e. The number of halogens is 3.